The minimum Gasteiger partial charge on any atom is -0.365 e. The second-order valence-corrected chi connectivity index (χ2v) is 5.92. The molecule has 0 aliphatic rings. The molecule has 1 N–H and O–H groups in total. The van der Waals surface area contributed by atoms with E-state index in [2.05, 4.69) is 28.9 Å². The number of ether oxygens (including phenoxy) is 1. The van der Waals surface area contributed by atoms with Crippen LogP contribution in [0.1, 0.15) is 29.4 Å². The molecule has 0 saturated carbocycles. The Bertz CT molecular complexity index is 391. The van der Waals surface area contributed by atoms with E-state index in [1.807, 2.05) is 6.92 Å². The number of rotatable bonds is 7. The first-order valence-corrected chi connectivity index (χ1v) is 6.90. The second kappa shape index (κ2) is 7.21. The number of nitrogens with one attached hydrogen (secondary N) is 1. The Labute approximate surface area is 115 Å². The van der Waals surface area contributed by atoms with Crippen molar-refractivity contribution in [2.24, 2.45) is 5.92 Å². The zero-order valence-corrected chi connectivity index (χ0v) is 12.1. The number of aromatic nitrogens is 1. The van der Waals surface area contributed by atoms with Gasteiger partial charge in [-0.25, -0.2) is 4.98 Å². The molecule has 0 aromatic carbocycles. The minimum atomic E-state index is -4.28. The van der Waals surface area contributed by atoms with E-state index in [0.29, 0.717) is 17.5 Å². The summed E-state index contributed by atoms with van der Waals surface area (Å²) in [5.41, 5.74) is 0.854. The highest BCUT2D eigenvalue weighted by Gasteiger charge is 2.27. The van der Waals surface area contributed by atoms with E-state index in [1.165, 1.54) is 11.3 Å². The molecule has 0 atom stereocenters. The van der Waals surface area contributed by atoms with Crippen LogP contribution >= 0.6 is 11.3 Å². The van der Waals surface area contributed by atoms with Crippen LogP contribution in [0.15, 0.2) is 0 Å². The summed E-state index contributed by atoms with van der Waals surface area (Å²) in [6.07, 6.45) is -4.28. The van der Waals surface area contributed by atoms with E-state index in [-0.39, 0.29) is 6.61 Å². The molecule has 1 heterocycles. The molecule has 1 aromatic rings. The Kier molecular flexibility index (Phi) is 6.22. The van der Waals surface area contributed by atoms with E-state index in [0.717, 1.165) is 17.1 Å². The van der Waals surface area contributed by atoms with Gasteiger partial charge in [0.25, 0.3) is 0 Å². The smallest absolute Gasteiger partial charge is 0.365 e. The summed E-state index contributed by atoms with van der Waals surface area (Å²) < 4.78 is 40.4. The van der Waals surface area contributed by atoms with Gasteiger partial charge in [0.1, 0.15) is 11.6 Å². The van der Waals surface area contributed by atoms with E-state index in [9.17, 15) is 13.2 Å². The third kappa shape index (κ3) is 6.89. The van der Waals surface area contributed by atoms with Crippen molar-refractivity contribution in [2.45, 2.75) is 40.1 Å². The minimum absolute atomic E-state index is 0.0881. The van der Waals surface area contributed by atoms with E-state index in [4.69, 9.17) is 0 Å². The molecular formula is C12H19F3N2OS. The standard InChI is InChI=1S/C12H19F3N2OS/c1-8(2)4-16-5-10-9(3)17-11(19-10)6-18-7-12(13,14)15/h8,16H,4-7H2,1-3H3. The lowest BCUT2D eigenvalue weighted by Gasteiger charge is -2.06. The molecule has 0 aliphatic heterocycles. The normalized spacial score (nSPS) is 12.4. The van der Waals surface area contributed by atoms with Crippen molar-refractivity contribution in [3.63, 3.8) is 0 Å². The van der Waals surface area contributed by atoms with Gasteiger partial charge in [0.2, 0.25) is 0 Å². The van der Waals surface area contributed by atoms with Gasteiger partial charge >= 0.3 is 6.18 Å². The zero-order valence-electron chi connectivity index (χ0n) is 11.3. The maximum atomic E-state index is 11.9. The molecular weight excluding hydrogens is 277 g/mol. The van der Waals surface area contributed by atoms with Gasteiger partial charge in [0.15, 0.2) is 0 Å². The predicted octanol–water partition coefficient (Wildman–Crippen LogP) is 3.28. The summed E-state index contributed by atoms with van der Waals surface area (Å²) in [5, 5.41) is 3.87. The van der Waals surface area contributed by atoms with Crippen LogP contribution in [0.4, 0.5) is 13.2 Å². The number of hydrogen-bond acceptors (Lipinski definition) is 4. The predicted molar refractivity (Wildman–Crippen MR) is 69.1 cm³/mol. The molecule has 0 spiro atoms. The average molecular weight is 296 g/mol. The first-order chi connectivity index (χ1) is 8.78. The lowest BCUT2D eigenvalue weighted by atomic mass is 10.2. The Morgan fingerprint density at radius 1 is 1.37 bits per heavy atom. The van der Waals surface area contributed by atoms with Crippen molar-refractivity contribution < 1.29 is 17.9 Å². The maximum absolute atomic E-state index is 11.9. The Morgan fingerprint density at radius 2 is 2.05 bits per heavy atom. The van der Waals surface area contributed by atoms with Crippen LogP contribution in [0.3, 0.4) is 0 Å². The monoisotopic (exact) mass is 296 g/mol. The van der Waals surface area contributed by atoms with E-state index >= 15 is 0 Å². The average Bonchev–Trinajstić information content (AvgIpc) is 2.57. The lowest BCUT2D eigenvalue weighted by Crippen LogP contribution is -2.18. The molecule has 19 heavy (non-hydrogen) atoms. The van der Waals surface area contributed by atoms with Crippen LogP contribution < -0.4 is 5.32 Å². The summed E-state index contributed by atoms with van der Waals surface area (Å²) in [6, 6.07) is 0. The molecule has 0 unspecified atom stereocenters. The Balaban J connectivity index is 2.40. The topological polar surface area (TPSA) is 34.1 Å². The summed E-state index contributed by atoms with van der Waals surface area (Å²) in [5.74, 6) is 0.558. The maximum Gasteiger partial charge on any atom is 0.411 e. The number of halogens is 3. The fraction of sp³-hybridized carbons (Fsp3) is 0.750. The van der Waals surface area contributed by atoms with Gasteiger partial charge in [0.05, 0.1) is 12.3 Å². The molecule has 1 rings (SSSR count). The van der Waals surface area contributed by atoms with Gasteiger partial charge in [-0.2, -0.15) is 13.2 Å². The van der Waals surface area contributed by atoms with Crippen LogP contribution in [-0.2, 0) is 17.9 Å². The summed E-state index contributed by atoms with van der Waals surface area (Å²) >= 11 is 1.40. The largest absolute Gasteiger partial charge is 0.411 e. The zero-order chi connectivity index (χ0) is 14.5. The molecule has 0 bridgehead atoms. The Morgan fingerprint density at radius 3 is 2.63 bits per heavy atom. The molecule has 110 valence electrons. The number of aryl methyl sites for hydroxylation is 1. The first kappa shape index (κ1) is 16.4. The van der Waals surface area contributed by atoms with Crippen molar-refractivity contribution >= 4 is 11.3 Å². The summed E-state index contributed by atoms with van der Waals surface area (Å²) in [7, 11) is 0. The molecule has 0 fully saturated rings. The number of thiazole rings is 1. The molecule has 0 radical (unpaired) electrons. The van der Waals surface area contributed by atoms with Crippen LogP contribution in [0.5, 0.6) is 0 Å². The van der Waals surface area contributed by atoms with Crippen LogP contribution in [0.25, 0.3) is 0 Å². The quantitative estimate of drug-likeness (QED) is 0.838. The van der Waals surface area contributed by atoms with Crippen LogP contribution in [0, 0.1) is 12.8 Å². The molecule has 0 amide bonds. The van der Waals surface area contributed by atoms with Gasteiger partial charge in [-0.15, -0.1) is 11.3 Å². The highest BCUT2D eigenvalue weighted by molar-refractivity contribution is 7.11. The Hall–Kier alpha value is -0.660. The van der Waals surface area contributed by atoms with Crippen LogP contribution in [-0.4, -0.2) is 24.3 Å². The SMILES string of the molecule is Cc1nc(COCC(F)(F)F)sc1CNCC(C)C. The van der Waals surface area contributed by atoms with E-state index < -0.39 is 12.8 Å². The number of hydrogen-bond donors (Lipinski definition) is 1. The number of alkyl halides is 3. The third-order valence-electron chi connectivity index (χ3n) is 2.27. The van der Waals surface area contributed by atoms with Crippen molar-refractivity contribution in [3.05, 3.63) is 15.6 Å². The molecule has 0 saturated heterocycles. The van der Waals surface area contributed by atoms with Gasteiger partial charge in [-0.3, -0.25) is 0 Å². The van der Waals surface area contributed by atoms with Crippen molar-refractivity contribution in [2.75, 3.05) is 13.2 Å². The van der Waals surface area contributed by atoms with Gasteiger partial charge in [-0.1, -0.05) is 13.8 Å². The summed E-state index contributed by atoms with van der Waals surface area (Å²) in [6.45, 7) is 6.36. The first-order valence-electron chi connectivity index (χ1n) is 6.08. The molecule has 7 heteroatoms. The highest BCUT2D eigenvalue weighted by atomic mass is 32.1. The third-order valence-corrected chi connectivity index (χ3v) is 3.40. The van der Waals surface area contributed by atoms with Gasteiger partial charge in [-0.05, 0) is 19.4 Å². The van der Waals surface area contributed by atoms with Gasteiger partial charge in [0, 0.05) is 11.4 Å². The lowest BCUT2D eigenvalue weighted by molar-refractivity contribution is -0.176. The van der Waals surface area contributed by atoms with Crippen molar-refractivity contribution in [1.82, 2.24) is 10.3 Å². The number of nitrogens with zero attached hydrogens (tertiary/aromatic N) is 1. The fourth-order valence-corrected chi connectivity index (χ4v) is 2.42. The van der Waals surface area contributed by atoms with Crippen molar-refractivity contribution in [3.8, 4) is 0 Å². The van der Waals surface area contributed by atoms with Gasteiger partial charge < -0.3 is 10.1 Å². The summed E-state index contributed by atoms with van der Waals surface area (Å²) in [4.78, 5) is 5.26. The second-order valence-electron chi connectivity index (χ2n) is 4.75. The fourth-order valence-electron chi connectivity index (χ4n) is 1.44. The van der Waals surface area contributed by atoms with E-state index in [1.54, 1.807) is 0 Å². The molecule has 1 aromatic heterocycles. The highest BCUT2D eigenvalue weighted by Crippen LogP contribution is 2.20. The molecule has 3 nitrogen and oxygen atoms in total. The molecule has 0 aliphatic carbocycles. The van der Waals surface area contributed by atoms with Crippen molar-refractivity contribution in [1.29, 1.82) is 0 Å². The van der Waals surface area contributed by atoms with Crippen LogP contribution in [0.2, 0.25) is 0 Å².